The van der Waals surface area contributed by atoms with Gasteiger partial charge < -0.3 is 10.0 Å². The highest BCUT2D eigenvalue weighted by molar-refractivity contribution is 9.10. The van der Waals surface area contributed by atoms with Crippen LogP contribution < -0.4 is 4.90 Å². The fraction of sp³-hybridized carbons (Fsp3) is 0.211. The quantitative estimate of drug-likeness (QED) is 0.664. The highest BCUT2D eigenvalue weighted by Crippen LogP contribution is 2.30. The summed E-state index contributed by atoms with van der Waals surface area (Å²) in [5.41, 5.74) is 1.26. The van der Waals surface area contributed by atoms with Crippen molar-refractivity contribution in [3.63, 3.8) is 0 Å². The molecule has 1 unspecified atom stereocenters. The molecule has 27 heavy (non-hydrogen) atoms. The van der Waals surface area contributed by atoms with Crippen molar-refractivity contribution in [2.24, 2.45) is 0 Å². The lowest BCUT2D eigenvalue weighted by Crippen LogP contribution is -2.35. The first-order valence-corrected chi connectivity index (χ1v) is 9.40. The molecule has 1 aliphatic heterocycles. The lowest BCUT2D eigenvalue weighted by Gasteiger charge is -2.21. The Bertz CT molecular complexity index is 870. The van der Waals surface area contributed by atoms with Gasteiger partial charge in [0.15, 0.2) is 0 Å². The Balaban J connectivity index is 1.90. The first kappa shape index (κ1) is 19.4. The normalized spacial score (nSPS) is 16.9. The third kappa shape index (κ3) is 4.31. The van der Waals surface area contributed by atoms with Gasteiger partial charge in [-0.25, -0.2) is 9.69 Å². The summed E-state index contributed by atoms with van der Waals surface area (Å²) in [4.78, 5) is 39.4. The molecule has 1 saturated heterocycles. The summed E-state index contributed by atoms with van der Waals surface area (Å²) in [6, 6.07) is 12.5. The Morgan fingerprint density at radius 1 is 1.07 bits per heavy atom. The Morgan fingerprint density at radius 2 is 1.70 bits per heavy atom. The summed E-state index contributed by atoms with van der Waals surface area (Å²) in [6.45, 7) is 0.215. The van der Waals surface area contributed by atoms with Gasteiger partial charge in [-0.15, -0.1) is 0 Å². The smallest absolute Gasteiger partial charge is 0.332 e. The molecule has 2 aromatic carbocycles. The van der Waals surface area contributed by atoms with Gasteiger partial charge in [0.25, 0.3) is 5.91 Å². The van der Waals surface area contributed by atoms with Crippen LogP contribution in [0, 0.1) is 0 Å². The van der Waals surface area contributed by atoms with Crippen LogP contribution in [0.4, 0.5) is 10.5 Å². The van der Waals surface area contributed by atoms with Crippen molar-refractivity contribution < 1.29 is 19.5 Å². The van der Waals surface area contributed by atoms with Gasteiger partial charge in [-0.3, -0.25) is 9.59 Å². The number of anilines is 1. The van der Waals surface area contributed by atoms with Crippen molar-refractivity contribution in [1.29, 1.82) is 0 Å². The second-order valence-corrected chi connectivity index (χ2v) is 7.49. The Morgan fingerprint density at radius 3 is 2.30 bits per heavy atom. The van der Waals surface area contributed by atoms with Crippen molar-refractivity contribution in [2.45, 2.75) is 25.4 Å². The molecule has 0 bridgehead atoms. The monoisotopic (exact) mass is 450 g/mol. The minimum atomic E-state index is -1.01. The van der Waals surface area contributed by atoms with E-state index < -0.39 is 23.9 Å². The van der Waals surface area contributed by atoms with Crippen LogP contribution in [0.5, 0.6) is 0 Å². The third-order valence-electron chi connectivity index (χ3n) is 4.30. The van der Waals surface area contributed by atoms with Crippen LogP contribution in [0.3, 0.4) is 0 Å². The summed E-state index contributed by atoms with van der Waals surface area (Å²) < 4.78 is 0.903. The van der Waals surface area contributed by atoms with Gasteiger partial charge in [-0.2, -0.15) is 0 Å². The molecule has 3 amide bonds. The van der Waals surface area contributed by atoms with Crippen LogP contribution in [0.2, 0.25) is 5.02 Å². The Labute approximate surface area is 169 Å². The van der Waals surface area contributed by atoms with Gasteiger partial charge >= 0.3 is 12.0 Å². The van der Waals surface area contributed by atoms with E-state index in [0.717, 1.165) is 14.9 Å². The van der Waals surface area contributed by atoms with Gasteiger partial charge in [0.05, 0.1) is 5.69 Å². The average molecular weight is 452 g/mol. The molecule has 1 N–H and O–H groups in total. The summed E-state index contributed by atoms with van der Waals surface area (Å²) in [6.07, 6.45) is -0.143. The van der Waals surface area contributed by atoms with E-state index in [0.29, 0.717) is 10.7 Å². The maximum Gasteiger partial charge on any atom is 0.332 e. The number of halogens is 2. The maximum atomic E-state index is 13.0. The molecule has 0 aliphatic carbocycles. The standard InChI is InChI=1S/C19H16BrClN2O4/c20-13-3-1-12(2-4-13)11-22-16(9-10-17(24)25)18(26)23(19(22)27)15-7-5-14(21)6-8-15/h1-8,16H,9-11H2,(H,24,25). The van der Waals surface area contributed by atoms with E-state index in [1.54, 1.807) is 24.3 Å². The molecule has 0 radical (unpaired) electrons. The largest absolute Gasteiger partial charge is 0.481 e. The molecule has 3 rings (SSSR count). The summed E-state index contributed by atoms with van der Waals surface area (Å²) in [5, 5.41) is 9.49. The van der Waals surface area contributed by atoms with Crippen LogP contribution in [0.15, 0.2) is 53.0 Å². The number of carbonyl (C=O) groups excluding carboxylic acids is 2. The minimum Gasteiger partial charge on any atom is -0.481 e. The van der Waals surface area contributed by atoms with Gasteiger partial charge in [-0.05, 0) is 48.4 Å². The van der Waals surface area contributed by atoms with E-state index in [9.17, 15) is 14.4 Å². The number of hydrogen-bond acceptors (Lipinski definition) is 3. The number of carboxylic acid groups (broad SMARTS) is 1. The molecule has 0 aromatic heterocycles. The first-order chi connectivity index (χ1) is 12.9. The van der Waals surface area contributed by atoms with Crippen molar-refractivity contribution >= 4 is 51.1 Å². The predicted octanol–water partition coefficient (Wildman–Crippen LogP) is 4.30. The highest BCUT2D eigenvalue weighted by atomic mass is 79.9. The number of rotatable bonds is 6. The number of imide groups is 1. The lowest BCUT2D eigenvalue weighted by molar-refractivity contribution is -0.137. The summed E-state index contributed by atoms with van der Waals surface area (Å²) in [7, 11) is 0. The molecule has 1 heterocycles. The van der Waals surface area contributed by atoms with E-state index in [-0.39, 0.29) is 19.4 Å². The second-order valence-electron chi connectivity index (χ2n) is 6.14. The zero-order valence-electron chi connectivity index (χ0n) is 14.1. The topological polar surface area (TPSA) is 77.9 Å². The molecule has 1 aliphatic rings. The van der Waals surface area contributed by atoms with Crippen LogP contribution in [-0.2, 0) is 16.1 Å². The number of aliphatic carboxylic acids is 1. The fourth-order valence-corrected chi connectivity index (χ4v) is 3.36. The van der Waals surface area contributed by atoms with Gasteiger partial charge in [-0.1, -0.05) is 39.7 Å². The van der Waals surface area contributed by atoms with Crippen molar-refractivity contribution in [3.8, 4) is 0 Å². The molecule has 6 nitrogen and oxygen atoms in total. The molecular weight excluding hydrogens is 436 g/mol. The third-order valence-corrected chi connectivity index (χ3v) is 5.08. The number of carboxylic acids is 1. The number of amides is 3. The number of nitrogens with zero attached hydrogens (tertiary/aromatic N) is 2. The minimum absolute atomic E-state index is 0.0561. The van der Waals surface area contributed by atoms with Gasteiger partial charge in [0, 0.05) is 22.5 Å². The number of urea groups is 1. The maximum absolute atomic E-state index is 13.0. The van der Waals surface area contributed by atoms with E-state index >= 15 is 0 Å². The molecule has 0 saturated carbocycles. The summed E-state index contributed by atoms with van der Waals surface area (Å²) >= 11 is 9.24. The van der Waals surface area contributed by atoms with Crippen LogP contribution in [0.25, 0.3) is 0 Å². The zero-order chi connectivity index (χ0) is 19.6. The molecule has 1 atom stereocenters. The highest BCUT2D eigenvalue weighted by Gasteiger charge is 2.45. The van der Waals surface area contributed by atoms with Crippen LogP contribution >= 0.6 is 27.5 Å². The zero-order valence-corrected chi connectivity index (χ0v) is 16.5. The van der Waals surface area contributed by atoms with Crippen molar-refractivity contribution in [3.05, 3.63) is 63.6 Å². The van der Waals surface area contributed by atoms with E-state index in [1.807, 2.05) is 24.3 Å². The van der Waals surface area contributed by atoms with Gasteiger partial charge in [0.2, 0.25) is 0 Å². The lowest BCUT2D eigenvalue weighted by atomic mass is 10.1. The Hall–Kier alpha value is -2.38. The number of carbonyl (C=O) groups is 3. The first-order valence-electron chi connectivity index (χ1n) is 8.23. The SMILES string of the molecule is O=C(O)CCC1C(=O)N(c2ccc(Cl)cc2)C(=O)N1Cc1ccc(Br)cc1. The predicted molar refractivity (Wildman–Crippen MR) is 105 cm³/mol. The number of benzene rings is 2. The van der Waals surface area contributed by atoms with Crippen molar-refractivity contribution in [1.82, 2.24) is 4.90 Å². The van der Waals surface area contributed by atoms with Crippen LogP contribution in [0.1, 0.15) is 18.4 Å². The molecule has 1 fully saturated rings. The van der Waals surface area contributed by atoms with E-state index in [1.165, 1.54) is 4.90 Å². The molecular formula is C19H16BrClN2O4. The molecule has 8 heteroatoms. The fourth-order valence-electron chi connectivity index (χ4n) is 2.97. The van der Waals surface area contributed by atoms with E-state index in [2.05, 4.69) is 15.9 Å². The van der Waals surface area contributed by atoms with Gasteiger partial charge in [0.1, 0.15) is 6.04 Å². The second kappa shape index (κ2) is 8.10. The summed E-state index contributed by atoms with van der Waals surface area (Å²) in [5.74, 6) is -1.44. The van der Waals surface area contributed by atoms with E-state index in [4.69, 9.17) is 16.7 Å². The average Bonchev–Trinajstić information content (AvgIpc) is 2.86. The Kier molecular flexibility index (Phi) is 5.82. The molecule has 2 aromatic rings. The molecule has 140 valence electrons. The molecule has 0 spiro atoms. The van der Waals surface area contributed by atoms with Crippen molar-refractivity contribution in [2.75, 3.05) is 4.90 Å². The number of hydrogen-bond donors (Lipinski definition) is 1. The van der Waals surface area contributed by atoms with Crippen LogP contribution in [-0.4, -0.2) is 34.0 Å².